The predicted octanol–water partition coefficient (Wildman–Crippen LogP) is 5.20. The third kappa shape index (κ3) is 3.52. The van der Waals surface area contributed by atoms with E-state index in [1.807, 2.05) is 36.4 Å². The fourth-order valence-corrected chi connectivity index (χ4v) is 5.48. The monoisotopic (exact) mass is 503 g/mol. The van der Waals surface area contributed by atoms with Crippen LogP contribution in [0.3, 0.4) is 0 Å². The molecule has 0 bridgehead atoms. The molecule has 0 fully saturated rings. The molecule has 3 aromatic carbocycles. The SMILES string of the molecule is COc1cc(C2C3=C(COC3=S)N(Cc3ccccc3)c3cc4c(cc32)OCO4)cc(OC)c1OC. The van der Waals surface area contributed by atoms with Gasteiger partial charge >= 0.3 is 0 Å². The average Bonchev–Trinajstić information content (AvgIpc) is 3.53. The minimum atomic E-state index is -0.222. The standard InChI is InChI=1S/C28H25NO6S/c1-30-23-9-17(10-24(31-2)27(23)32-3)25-18-11-21-22(35-15-34-21)12-19(18)29(13-16-7-5-4-6-8-16)20-14-33-28(36)26(20)25/h4-12,25H,13-15H2,1-3H3. The largest absolute Gasteiger partial charge is 0.493 e. The molecule has 184 valence electrons. The van der Waals surface area contributed by atoms with Gasteiger partial charge in [0, 0.05) is 29.8 Å². The number of nitrogens with zero attached hydrogens (tertiary/aromatic N) is 1. The van der Waals surface area contributed by atoms with E-state index in [4.69, 9.17) is 40.6 Å². The van der Waals surface area contributed by atoms with Gasteiger partial charge in [-0.15, -0.1) is 0 Å². The van der Waals surface area contributed by atoms with Crippen LogP contribution in [-0.2, 0) is 11.3 Å². The molecular formula is C28H25NO6S. The Morgan fingerprint density at radius 2 is 1.58 bits per heavy atom. The Balaban J connectivity index is 1.59. The lowest BCUT2D eigenvalue weighted by atomic mass is 9.80. The van der Waals surface area contributed by atoms with Gasteiger partial charge < -0.3 is 33.3 Å². The Labute approximate surface area is 214 Å². The van der Waals surface area contributed by atoms with Gasteiger partial charge in [-0.1, -0.05) is 30.3 Å². The fraction of sp³-hybridized carbons (Fsp3) is 0.250. The molecule has 3 aromatic rings. The van der Waals surface area contributed by atoms with Gasteiger partial charge in [0.2, 0.25) is 12.5 Å². The maximum Gasteiger partial charge on any atom is 0.231 e. The van der Waals surface area contributed by atoms with E-state index in [1.54, 1.807) is 21.3 Å². The lowest BCUT2D eigenvalue weighted by Crippen LogP contribution is -2.30. The Morgan fingerprint density at radius 3 is 2.25 bits per heavy atom. The van der Waals surface area contributed by atoms with Gasteiger partial charge in [0.1, 0.15) is 6.61 Å². The van der Waals surface area contributed by atoms with Crippen LogP contribution in [0.2, 0.25) is 0 Å². The quantitative estimate of drug-likeness (QED) is 0.425. The van der Waals surface area contributed by atoms with Crippen LogP contribution in [0.5, 0.6) is 28.7 Å². The molecule has 0 radical (unpaired) electrons. The van der Waals surface area contributed by atoms with Crippen molar-refractivity contribution in [2.24, 2.45) is 0 Å². The summed E-state index contributed by atoms with van der Waals surface area (Å²) in [5, 5.41) is 0.491. The number of thiocarbonyl (C=S) groups is 1. The summed E-state index contributed by atoms with van der Waals surface area (Å²) in [5.41, 5.74) is 6.18. The van der Waals surface area contributed by atoms with Crippen molar-refractivity contribution in [2.45, 2.75) is 12.5 Å². The van der Waals surface area contributed by atoms with E-state index in [0.717, 1.165) is 33.8 Å². The first-order valence-corrected chi connectivity index (χ1v) is 12.0. The number of anilines is 1. The Morgan fingerprint density at radius 1 is 0.889 bits per heavy atom. The number of benzene rings is 3. The maximum absolute atomic E-state index is 5.98. The molecule has 1 atom stereocenters. The smallest absolute Gasteiger partial charge is 0.231 e. The van der Waals surface area contributed by atoms with Crippen LogP contribution in [0.25, 0.3) is 0 Å². The van der Waals surface area contributed by atoms with Crippen LogP contribution in [0, 0.1) is 0 Å². The number of fused-ring (bicyclic) bond motifs is 2. The summed E-state index contributed by atoms with van der Waals surface area (Å²) in [6.07, 6.45) is 0. The molecule has 0 aliphatic carbocycles. The van der Waals surface area contributed by atoms with Gasteiger partial charge in [0.05, 0.1) is 27.0 Å². The summed E-state index contributed by atoms with van der Waals surface area (Å²) in [6.45, 7) is 1.26. The Bertz CT molecular complexity index is 1360. The lowest BCUT2D eigenvalue weighted by molar-refractivity contribution is 0.174. The molecular weight excluding hydrogens is 478 g/mol. The lowest BCUT2D eigenvalue weighted by Gasteiger charge is -2.36. The van der Waals surface area contributed by atoms with Crippen molar-refractivity contribution in [2.75, 3.05) is 39.6 Å². The third-order valence-electron chi connectivity index (χ3n) is 6.81. The van der Waals surface area contributed by atoms with Crippen molar-refractivity contribution in [1.82, 2.24) is 0 Å². The molecule has 0 spiro atoms. The molecule has 1 unspecified atom stereocenters. The first kappa shape index (κ1) is 22.5. The van der Waals surface area contributed by atoms with Crippen LogP contribution < -0.4 is 28.6 Å². The number of rotatable bonds is 6. The van der Waals surface area contributed by atoms with Crippen molar-refractivity contribution < 1.29 is 28.4 Å². The highest BCUT2D eigenvalue weighted by Crippen LogP contribution is 2.53. The molecule has 6 rings (SSSR count). The van der Waals surface area contributed by atoms with Crippen LogP contribution in [-0.4, -0.2) is 39.8 Å². The van der Waals surface area contributed by atoms with Gasteiger partial charge in [-0.05, 0) is 47.1 Å². The second-order valence-electron chi connectivity index (χ2n) is 8.66. The highest BCUT2D eigenvalue weighted by Gasteiger charge is 2.41. The molecule has 3 heterocycles. The van der Waals surface area contributed by atoms with Gasteiger partial charge in [-0.25, -0.2) is 0 Å². The molecule has 3 aliphatic heterocycles. The zero-order valence-corrected chi connectivity index (χ0v) is 21.0. The van der Waals surface area contributed by atoms with Crippen LogP contribution >= 0.6 is 12.2 Å². The van der Waals surface area contributed by atoms with Crippen LogP contribution in [0.4, 0.5) is 5.69 Å². The first-order chi connectivity index (χ1) is 17.6. The highest BCUT2D eigenvalue weighted by molar-refractivity contribution is 7.80. The second-order valence-corrected chi connectivity index (χ2v) is 9.04. The van der Waals surface area contributed by atoms with Gasteiger partial charge in [-0.3, -0.25) is 0 Å². The minimum absolute atomic E-state index is 0.195. The van der Waals surface area contributed by atoms with Gasteiger partial charge in [0.25, 0.3) is 0 Å². The molecule has 7 nitrogen and oxygen atoms in total. The molecule has 0 saturated heterocycles. The number of ether oxygens (including phenoxy) is 6. The first-order valence-electron chi connectivity index (χ1n) is 11.6. The van der Waals surface area contributed by atoms with Gasteiger partial charge in [0.15, 0.2) is 28.0 Å². The Kier molecular flexibility index (Phi) is 5.60. The zero-order chi connectivity index (χ0) is 24.8. The van der Waals surface area contributed by atoms with E-state index in [9.17, 15) is 0 Å². The minimum Gasteiger partial charge on any atom is -0.493 e. The average molecular weight is 504 g/mol. The second kappa shape index (κ2) is 8.95. The van der Waals surface area contributed by atoms with E-state index < -0.39 is 0 Å². The molecule has 8 heteroatoms. The summed E-state index contributed by atoms with van der Waals surface area (Å²) in [6, 6.07) is 18.4. The molecule has 0 N–H and O–H groups in total. The van der Waals surface area contributed by atoms with E-state index in [2.05, 4.69) is 23.1 Å². The zero-order valence-electron chi connectivity index (χ0n) is 20.2. The van der Waals surface area contributed by atoms with Crippen molar-refractivity contribution in [3.05, 3.63) is 82.6 Å². The molecule has 0 saturated carbocycles. The molecule has 0 amide bonds. The normalized spacial score (nSPS) is 17.5. The van der Waals surface area contributed by atoms with Crippen molar-refractivity contribution in [1.29, 1.82) is 0 Å². The summed E-state index contributed by atoms with van der Waals surface area (Å²) in [7, 11) is 4.83. The van der Waals surface area contributed by atoms with E-state index in [0.29, 0.717) is 41.2 Å². The predicted molar refractivity (Wildman–Crippen MR) is 139 cm³/mol. The number of hydrogen-bond donors (Lipinski definition) is 0. The van der Waals surface area contributed by atoms with Gasteiger partial charge in [-0.2, -0.15) is 0 Å². The summed E-state index contributed by atoms with van der Waals surface area (Å²) in [4.78, 5) is 2.27. The fourth-order valence-electron chi connectivity index (χ4n) is 5.19. The van der Waals surface area contributed by atoms with Crippen molar-refractivity contribution in [3.8, 4) is 28.7 Å². The van der Waals surface area contributed by atoms with E-state index in [-0.39, 0.29) is 12.7 Å². The third-order valence-corrected chi connectivity index (χ3v) is 7.15. The number of methoxy groups -OCH3 is 3. The summed E-state index contributed by atoms with van der Waals surface area (Å²) < 4.78 is 34.4. The van der Waals surface area contributed by atoms with Crippen LogP contribution in [0.15, 0.2) is 65.9 Å². The summed E-state index contributed by atoms with van der Waals surface area (Å²) >= 11 is 5.76. The van der Waals surface area contributed by atoms with Crippen molar-refractivity contribution >= 4 is 23.0 Å². The highest BCUT2D eigenvalue weighted by atomic mass is 32.1. The molecule has 36 heavy (non-hydrogen) atoms. The maximum atomic E-state index is 5.98. The van der Waals surface area contributed by atoms with Crippen molar-refractivity contribution in [3.63, 3.8) is 0 Å². The van der Waals surface area contributed by atoms with Crippen LogP contribution in [0.1, 0.15) is 22.6 Å². The molecule has 3 aliphatic rings. The molecule has 0 aromatic heterocycles. The number of hydrogen-bond acceptors (Lipinski definition) is 8. The topological polar surface area (TPSA) is 58.6 Å². The van der Waals surface area contributed by atoms with E-state index in [1.165, 1.54) is 5.56 Å². The Hall–Kier alpha value is -3.91. The van der Waals surface area contributed by atoms with E-state index >= 15 is 0 Å². The summed E-state index contributed by atoms with van der Waals surface area (Å²) in [5.74, 6) is 2.90.